The lowest BCUT2D eigenvalue weighted by Gasteiger charge is -2.06. The van der Waals surface area contributed by atoms with Crippen LogP contribution in [0.2, 0.25) is 0 Å². The Kier molecular flexibility index (Phi) is 3.51. The number of hydrogen-bond donors (Lipinski definition) is 2. The third-order valence-corrected chi connectivity index (χ3v) is 2.05. The van der Waals surface area contributed by atoms with E-state index in [-0.39, 0.29) is 12.2 Å². The van der Waals surface area contributed by atoms with Crippen LogP contribution in [0.3, 0.4) is 0 Å². The molecule has 3 heteroatoms. The molecule has 0 unspecified atom stereocenters. The predicted octanol–water partition coefficient (Wildman–Crippen LogP) is 1.97. The topological polar surface area (TPSA) is 57.5 Å². The number of hydrogen-bond acceptors (Lipinski definition) is 2. The van der Waals surface area contributed by atoms with E-state index in [2.05, 4.69) is 0 Å². The SMILES string of the molecule is CCCc1cc(O)ccc1CC(=O)O. The average molecular weight is 194 g/mol. The van der Waals surface area contributed by atoms with E-state index in [4.69, 9.17) is 5.11 Å². The van der Waals surface area contributed by atoms with Gasteiger partial charge in [0.15, 0.2) is 0 Å². The molecule has 0 saturated carbocycles. The minimum Gasteiger partial charge on any atom is -0.508 e. The first-order valence-electron chi connectivity index (χ1n) is 4.66. The molecule has 0 aliphatic heterocycles. The zero-order valence-electron chi connectivity index (χ0n) is 8.16. The highest BCUT2D eigenvalue weighted by molar-refractivity contribution is 5.70. The van der Waals surface area contributed by atoms with Gasteiger partial charge in [0.05, 0.1) is 6.42 Å². The van der Waals surface area contributed by atoms with Gasteiger partial charge in [0.25, 0.3) is 0 Å². The summed E-state index contributed by atoms with van der Waals surface area (Å²) < 4.78 is 0. The van der Waals surface area contributed by atoms with Crippen LogP contribution >= 0.6 is 0 Å². The van der Waals surface area contributed by atoms with Crippen LogP contribution in [0.25, 0.3) is 0 Å². The molecule has 0 aliphatic carbocycles. The lowest BCUT2D eigenvalue weighted by Crippen LogP contribution is -2.03. The fraction of sp³-hybridized carbons (Fsp3) is 0.364. The van der Waals surface area contributed by atoms with Crippen molar-refractivity contribution in [1.82, 2.24) is 0 Å². The summed E-state index contributed by atoms with van der Waals surface area (Å²) in [6.07, 6.45) is 1.77. The normalized spacial score (nSPS) is 10.1. The van der Waals surface area contributed by atoms with Gasteiger partial charge in [-0.1, -0.05) is 19.4 Å². The van der Waals surface area contributed by atoms with E-state index < -0.39 is 5.97 Å². The number of carboxylic acids is 1. The highest BCUT2D eigenvalue weighted by Crippen LogP contribution is 2.18. The molecule has 0 atom stereocenters. The maximum atomic E-state index is 10.5. The first-order valence-corrected chi connectivity index (χ1v) is 4.66. The molecule has 0 aromatic heterocycles. The van der Waals surface area contributed by atoms with Crippen molar-refractivity contribution in [1.29, 1.82) is 0 Å². The molecular weight excluding hydrogens is 180 g/mol. The molecule has 1 aromatic carbocycles. The summed E-state index contributed by atoms with van der Waals surface area (Å²) in [6, 6.07) is 4.84. The highest BCUT2D eigenvalue weighted by atomic mass is 16.4. The smallest absolute Gasteiger partial charge is 0.307 e. The van der Waals surface area contributed by atoms with Gasteiger partial charge in [-0.05, 0) is 29.7 Å². The third-order valence-electron chi connectivity index (χ3n) is 2.05. The molecular formula is C11H14O3. The number of carboxylic acid groups (broad SMARTS) is 1. The zero-order valence-corrected chi connectivity index (χ0v) is 8.16. The van der Waals surface area contributed by atoms with Crippen molar-refractivity contribution in [2.24, 2.45) is 0 Å². The van der Waals surface area contributed by atoms with Gasteiger partial charge in [-0.2, -0.15) is 0 Å². The summed E-state index contributed by atoms with van der Waals surface area (Å²) in [5, 5.41) is 17.9. The van der Waals surface area contributed by atoms with Crippen LogP contribution in [-0.2, 0) is 17.6 Å². The molecule has 0 saturated heterocycles. The second-order valence-corrected chi connectivity index (χ2v) is 3.27. The van der Waals surface area contributed by atoms with Gasteiger partial charge in [-0.3, -0.25) is 4.79 Å². The van der Waals surface area contributed by atoms with Gasteiger partial charge < -0.3 is 10.2 Å². The van der Waals surface area contributed by atoms with E-state index in [9.17, 15) is 9.90 Å². The Morgan fingerprint density at radius 2 is 2.07 bits per heavy atom. The molecule has 14 heavy (non-hydrogen) atoms. The number of aryl methyl sites for hydroxylation is 1. The molecule has 1 rings (SSSR count). The second kappa shape index (κ2) is 4.65. The number of aliphatic carboxylic acids is 1. The first-order chi connectivity index (χ1) is 6.63. The van der Waals surface area contributed by atoms with E-state index in [0.717, 1.165) is 24.0 Å². The maximum Gasteiger partial charge on any atom is 0.307 e. The van der Waals surface area contributed by atoms with Gasteiger partial charge in [0.1, 0.15) is 5.75 Å². The van der Waals surface area contributed by atoms with Crippen molar-refractivity contribution in [2.45, 2.75) is 26.2 Å². The molecule has 0 spiro atoms. The first kappa shape index (κ1) is 10.6. The van der Waals surface area contributed by atoms with E-state index in [1.54, 1.807) is 12.1 Å². The van der Waals surface area contributed by atoms with Gasteiger partial charge in [0.2, 0.25) is 0 Å². The largest absolute Gasteiger partial charge is 0.508 e. The van der Waals surface area contributed by atoms with Gasteiger partial charge in [-0.15, -0.1) is 0 Å². The quantitative estimate of drug-likeness (QED) is 0.770. The minimum absolute atomic E-state index is 0.0234. The van der Waals surface area contributed by atoms with Gasteiger partial charge >= 0.3 is 5.97 Å². The molecule has 0 fully saturated rings. The van der Waals surface area contributed by atoms with Crippen LogP contribution in [0.1, 0.15) is 24.5 Å². The Morgan fingerprint density at radius 1 is 1.36 bits per heavy atom. The molecule has 0 aliphatic rings. The molecule has 0 radical (unpaired) electrons. The lowest BCUT2D eigenvalue weighted by molar-refractivity contribution is -0.136. The highest BCUT2D eigenvalue weighted by Gasteiger charge is 2.06. The summed E-state index contributed by atoms with van der Waals surface area (Å²) in [6.45, 7) is 2.02. The van der Waals surface area contributed by atoms with E-state index >= 15 is 0 Å². The monoisotopic (exact) mass is 194 g/mol. The van der Waals surface area contributed by atoms with Crippen molar-refractivity contribution in [3.8, 4) is 5.75 Å². The van der Waals surface area contributed by atoms with Crippen LogP contribution in [0.4, 0.5) is 0 Å². The third kappa shape index (κ3) is 2.76. The molecule has 0 bridgehead atoms. The summed E-state index contributed by atoms with van der Waals surface area (Å²) >= 11 is 0. The number of rotatable bonds is 4. The Hall–Kier alpha value is -1.51. The number of aromatic hydroxyl groups is 1. The number of phenols is 1. The Morgan fingerprint density at radius 3 is 2.64 bits per heavy atom. The maximum absolute atomic E-state index is 10.5. The van der Waals surface area contributed by atoms with Crippen molar-refractivity contribution in [2.75, 3.05) is 0 Å². The molecule has 76 valence electrons. The van der Waals surface area contributed by atoms with Gasteiger partial charge in [0, 0.05) is 0 Å². The standard InChI is InChI=1S/C11H14O3/c1-2-3-8-6-10(12)5-4-9(8)7-11(13)14/h4-6,12H,2-3,7H2,1H3,(H,13,14). The zero-order chi connectivity index (χ0) is 10.6. The van der Waals surface area contributed by atoms with Crippen LogP contribution in [0.15, 0.2) is 18.2 Å². The minimum atomic E-state index is -0.840. The fourth-order valence-corrected chi connectivity index (χ4v) is 1.45. The Labute approximate surface area is 83.0 Å². The molecule has 1 aromatic rings. The Balaban J connectivity index is 2.95. The summed E-state index contributed by atoms with van der Waals surface area (Å²) in [4.78, 5) is 10.5. The van der Waals surface area contributed by atoms with Crippen molar-refractivity contribution < 1.29 is 15.0 Å². The number of benzene rings is 1. The van der Waals surface area contributed by atoms with Gasteiger partial charge in [-0.25, -0.2) is 0 Å². The Bertz CT molecular complexity index is 331. The summed E-state index contributed by atoms with van der Waals surface area (Å²) in [5.74, 6) is -0.643. The predicted molar refractivity (Wildman–Crippen MR) is 53.4 cm³/mol. The summed E-state index contributed by atoms with van der Waals surface area (Å²) in [5.41, 5.74) is 1.71. The average Bonchev–Trinajstić information content (AvgIpc) is 2.09. The van der Waals surface area contributed by atoms with Crippen LogP contribution in [-0.4, -0.2) is 16.2 Å². The van der Waals surface area contributed by atoms with Crippen LogP contribution < -0.4 is 0 Å². The molecule has 0 amide bonds. The fourth-order valence-electron chi connectivity index (χ4n) is 1.45. The van der Waals surface area contributed by atoms with Crippen molar-refractivity contribution in [3.63, 3.8) is 0 Å². The van der Waals surface area contributed by atoms with E-state index in [1.807, 2.05) is 6.92 Å². The second-order valence-electron chi connectivity index (χ2n) is 3.27. The number of phenolic OH excluding ortho intramolecular Hbond substituents is 1. The molecule has 2 N–H and O–H groups in total. The summed E-state index contributed by atoms with van der Waals surface area (Å²) in [7, 11) is 0. The molecule has 3 nitrogen and oxygen atoms in total. The van der Waals surface area contributed by atoms with E-state index in [0.29, 0.717) is 0 Å². The number of carbonyl (C=O) groups is 1. The van der Waals surface area contributed by atoms with Crippen LogP contribution in [0.5, 0.6) is 5.75 Å². The van der Waals surface area contributed by atoms with E-state index in [1.165, 1.54) is 6.07 Å². The lowest BCUT2D eigenvalue weighted by atomic mass is 10.0. The molecule has 0 heterocycles. The van der Waals surface area contributed by atoms with Crippen molar-refractivity contribution >= 4 is 5.97 Å². The van der Waals surface area contributed by atoms with Crippen molar-refractivity contribution in [3.05, 3.63) is 29.3 Å². The van der Waals surface area contributed by atoms with Crippen LogP contribution in [0, 0.1) is 0 Å².